The molecule has 0 unspecified atom stereocenters. The Kier molecular flexibility index (Phi) is 3.54. The van der Waals surface area contributed by atoms with Crippen molar-refractivity contribution in [2.24, 2.45) is 11.5 Å². The predicted octanol–water partition coefficient (Wildman–Crippen LogP) is 1.54. The molecule has 0 radical (unpaired) electrons. The lowest BCUT2D eigenvalue weighted by Gasteiger charge is -2.16. The smallest absolute Gasteiger partial charge is 0.405 e. The van der Waals surface area contributed by atoms with Gasteiger partial charge in [0.2, 0.25) is 0 Å². The molecule has 1 aromatic carbocycles. The molecule has 0 aromatic heterocycles. The van der Waals surface area contributed by atoms with Crippen LogP contribution in [0.5, 0.6) is 5.75 Å². The molecule has 15 heavy (non-hydrogen) atoms. The van der Waals surface area contributed by atoms with Gasteiger partial charge in [0, 0.05) is 18.2 Å². The monoisotopic (exact) mass is 220 g/mol. The van der Waals surface area contributed by atoms with Crippen LogP contribution in [0.4, 0.5) is 13.2 Å². The lowest BCUT2D eigenvalue weighted by molar-refractivity contribution is -0.274. The molecule has 1 aromatic rings. The zero-order valence-corrected chi connectivity index (χ0v) is 7.79. The van der Waals surface area contributed by atoms with Gasteiger partial charge in [-0.1, -0.05) is 18.2 Å². The van der Waals surface area contributed by atoms with E-state index in [2.05, 4.69) is 4.74 Å². The first-order valence-electron chi connectivity index (χ1n) is 4.24. The Morgan fingerprint density at radius 2 is 1.87 bits per heavy atom. The van der Waals surface area contributed by atoms with E-state index in [1.165, 1.54) is 18.2 Å². The van der Waals surface area contributed by atoms with Crippen molar-refractivity contribution in [2.45, 2.75) is 12.4 Å². The fourth-order valence-corrected chi connectivity index (χ4v) is 1.13. The molecule has 0 aliphatic carbocycles. The molecular formula is C9H11F3N2O. The fourth-order valence-electron chi connectivity index (χ4n) is 1.13. The third kappa shape index (κ3) is 3.41. The van der Waals surface area contributed by atoms with Crippen molar-refractivity contribution in [3.63, 3.8) is 0 Å². The van der Waals surface area contributed by atoms with E-state index >= 15 is 0 Å². The molecule has 0 aliphatic rings. The molecule has 0 saturated carbocycles. The van der Waals surface area contributed by atoms with Crippen molar-refractivity contribution in [1.29, 1.82) is 0 Å². The van der Waals surface area contributed by atoms with Crippen LogP contribution in [0, 0.1) is 0 Å². The second-order valence-corrected chi connectivity index (χ2v) is 2.93. The first-order chi connectivity index (χ1) is 6.94. The lowest BCUT2D eigenvalue weighted by atomic mass is 10.1. The minimum absolute atomic E-state index is 0.0538. The normalized spacial score (nSPS) is 13.7. The SMILES string of the molecule is NC[C@H](N)c1ccccc1OC(F)(F)F. The van der Waals surface area contributed by atoms with Gasteiger partial charge in [0.1, 0.15) is 5.75 Å². The number of para-hydroxylation sites is 1. The number of benzene rings is 1. The van der Waals surface area contributed by atoms with Gasteiger partial charge in [-0.05, 0) is 6.07 Å². The molecule has 0 bridgehead atoms. The summed E-state index contributed by atoms with van der Waals surface area (Å²) in [6, 6.07) is 5.02. The van der Waals surface area contributed by atoms with E-state index in [1.54, 1.807) is 6.07 Å². The summed E-state index contributed by atoms with van der Waals surface area (Å²) < 4.78 is 39.8. The summed E-state index contributed by atoms with van der Waals surface area (Å²) in [7, 11) is 0. The summed E-state index contributed by atoms with van der Waals surface area (Å²) in [6.07, 6.45) is -4.72. The highest BCUT2D eigenvalue weighted by Gasteiger charge is 2.32. The topological polar surface area (TPSA) is 61.3 Å². The van der Waals surface area contributed by atoms with E-state index in [-0.39, 0.29) is 17.9 Å². The van der Waals surface area contributed by atoms with Crippen LogP contribution in [0.25, 0.3) is 0 Å². The minimum Gasteiger partial charge on any atom is -0.405 e. The molecule has 84 valence electrons. The molecule has 1 rings (SSSR count). The first kappa shape index (κ1) is 11.8. The van der Waals surface area contributed by atoms with Crippen LogP contribution in [-0.2, 0) is 0 Å². The van der Waals surface area contributed by atoms with E-state index < -0.39 is 12.4 Å². The highest BCUT2D eigenvalue weighted by atomic mass is 19.4. The van der Waals surface area contributed by atoms with Gasteiger partial charge in [-0.15, -0.1) is 13.2 Å². The molecule has 4 N–H and O–H groups in total. The van der Waals surface area contributed by atoms with E-state index in [4.69, 9.17) is 11.5 Å². The molecule has 0 amide bonds. The largest absolute Gasteiger partial charge is 0.573 e. The van der Waals surface area contributed by atoms with Gasteiger partial charge in [-0.3, -0.25) is 0 Å². The molecule has 0 fully saturated rings. The van der Waals surface area contributed by atoms with Gasteiger partial charge < -0.3 is 16.2 Å². The highest BCUT2D eigenvalue weighted by Crippen LogP contribution is 2.28. The van der Waals surface area contributed by atoms with E-state index in [9.17, 15) is 13.2 Å². The maximum Gasteiger partial charge on any atom is 0.573 e. The zero-order valence-electron chi connectivity index (χ0n) is 7.79. The molecule has 6 heteroatoms. The van der Waals surface area contributed by atoms with Gasteiger partial charge in [-0.2, -0.15) is 0 Å². The summed E-state index contributed by atoms with van der Waals surface area (Å²) in [5, 5.41) is 0. The van der Waals surface area contributed by atoms with Crippen LogP contribution >= 0.6 is 0 Å². The van der Waals surface area contributed by atoms with Crippen molar-refractivity contribution in [1.82, 2.24) is 0 Å². The van der Waals surface area contributed by atoms with Crippen LogP contribution in [0.3, 0.4) is 0 Å². The Morgan fingerprint density at radius 3 is 2.40 bits per heavy atom. The summed E-state index contributed by atoms with van der Waals surface area (Å²) >= 11 is 0. The van der Waals surface area contributed by atoms with Crippen molar-refractivity contribution >= 4 is 0 Å². The number of ether oxygens (including phenoxy) is 1. The van der Waals surface area contributed by atoms with Crippen molar-refractivity contribution < 1.29 is 17.9 Å². The minimum atomic E-state index is -4.72. The van der Waals surface area contributed by atoms with E-state index in [1.807, 2.05) is 0 Å². The van der Waals surface area contributed by atoms with E-state index in [0.717, 1.165) is 0 Å². The van der Waals surface area contributed by atoms with Crippen LogP contribution < -0.4 is 16.2 Å². The molecule has 0 heterocycles. The Balaban J connectivity index is 2.96. The Hall–Kier alpha value is -1.27. The van der Waals surface area contributed by atoms with E-state index in [0.29, 0.717) is 0 Å². The summed E-state index contributed by atoms with van der Waals surface area (Å²) in [6.45, 7) is 0.0538. The first-order valence-corrected chi connectivity index (χ1v) is 4.24. The maximum absolute atomic E-state index is 12.0. The molecule has 1 atom stereocenters. The summed E-state index contributed by atoms with van der Waals surface area (Å²) in [5.74, 6) is -0.303. The van der Waals surface area contributed by atoms with Gasteiger partial charge in [0.15, 0.2) is 0 Å². The average molecular weight is 220 g/mol. The predicted molar refractivity (Wildman–Crippen MR) is 49.1 cm³/mol. The van der Waals surface area contributed by atoms with Gasteiger partial charge in [0.05, 0.1) is 0 Å². The van der Waals surface area contributed by atoms with Crippen molar-refractivity contribution in [3.8, 4) is 5.75 Å². The van der Waals surface area contributed by atoms with Crippen LogP contribution in [0.1, 0.15) is 11.6 Å². The number of hydrogen-bond donors (Lipinski definition) is 2. The molecular weight excluding hydrogens is 209 g/mol. The number of halogens is 3. The Labute approximate surface area is 84.8 Å². The third-order valence-electron chi connectivity index (χ3n) is 1.80. The fraction of sp³-hybridized carbons (Fsp3) is 0.333. The second-order valence-electron chi connectivity index (χ2n) is 2.93. The molecule has 3 nitrogen and oxygen atoms in total. The molecule has 0 aliphatic heterocycles. The zero-order chi connectivity index (χ0) is 11.5. The second kappa shape index (κ2) is 4.50. The standard InChI is InChI=1S/C9H11F3N2O/c10-9(11,12)15-8-4-2-1-3-6(8)7(14)5-13/h1-4,7H,5,13-14H2/t7-/m0/s1. The molecule has 0 spiro atoms. The van der Waals surface area contributed by atoms with Crippen molar-refractivity contribution in [3.05, 3.63) is 29.8 Å². The number of alkyl halides is 3. The van der Waals surface area contributed by atoms with Crippen LogP contribution in [0.2, 0.25) is 0 Å². The lowest BCUT2D eigenvalue weighted by Crippen LogP contribution is -2.24. The van der Waals surface area contributed by atoms with Crippen LogP contribution in [0.15, 0.2) is 24.3 Å². The number of rotatable bonds is 3. The van der Waals surface area contributed by atoms with Gasteiger partial charge >= 0.3 is 6.36 Å². The van der Waals surface area contributed by atoms with Crippen molar-refractivity contribution in [2.75, 3.05) is 6.54 Å². The van der Waals surface area contributed by atoms with Gasteiger partial charge in [0.25, 0.3) is 0 Å². The average Bonchev–Trinajstić information content (AvgIpc) is 2.15. The summed E-state index contributed by atoms with van der Waals surface area (Å²) in [4.78, 5) is 0. The quantitative estimate of drug-likeness (QED) is 0.812. The van der Waals surface area contributed by atoms with Crippen LogP contribution in [-0.4, -0.2) is 12.9 Å². The Morgan fingerprint density at radius 1 is 1.27 bits per heavy atom. The highest BCUT2D eigenvalue weighted by molar-refractivity contribution is 5.36. The Bertz CT molecular complexity index is 327. The van der Waals surface area contributed by atoms with Gasteiger partial charge in [-0.25, -0.2) is 0 Å². The summed E-state index contributed by atoms with van der Waals surface area (Å²) in [5.41, 5.74) is 11.1. The number of nitrogens with two attached hydrogens (primary N) is 2. The molecule has 0 saturated heterocycles. The third-order valence-corrected chi connectivity index (χ3v) is 1.80. The maximum atomic E-state index is 12.0. The number of hydrogen-bond acceptors (Lipinski definition) is 3.